The minimum atomic E-state index is 1.20. The standard InChI is InChI=1S/C17H31N/c1-2-3-4-5-6-7-8-9-10-11-12-15-18-16-13-14-17-18/h13-14,16-17H,2-12,15H2,1H3. The molecule has 0 radical (unpaired) electrons. The maximum absolute atomic E-state index is 2.29. The van der Waals surface area contributed by atoms with Crippen molar-refractivity contribution in [3.05, 3.63) is 24.5 Å². The van der Waals surface area contributed by atoms with Gasteiger partial charge in [0.15, 0.2) is 0 Å². The third-order valence-corrected chi connectivity index (χ3v) is 3.69. The third kappa shape index (κ3) is 8.38. The van der Waals surface area contributed by atoms with Crippen LogP contribution >= 0.6 is 0 Å². The molecule has 0 amide bonds. The zero-order valence-electron chi connectivity index (χ0n) is 12.2. The quantitative estimate of drug-likeness (QED) is 0.413. The monoisotopic (exact) mass is 249 g/mol. The van der Waals surface area contributed by atoms with Crippen LogP contribution in [0.1, 0.15) is 77.6 Å². The number of unbranched alkanes of at least 4 members (excludes halogenated alkanes) is 10. The van der Waals surface area contributed by atoms with Gasteiger partial charge in [-0.05, 0) is 18.6 Å². The molecule has 1 heterocycles. The first-order chi connectivity index (χ1) is 8.93. The van der Waals surface area contributed by atoms with Crippen LogP contribution in [0, 0.1) is 0 Å². The molecular formula is C17H31N. The summed E-state index contributed by atoms with van der Waals surface area (Å²) in [6, 6.07) is 4.22. The van der Waals surface area contributed by atoms with Crippen molar-refractivity contribution < 1.29 is 0 Å². The summed E-state index contributed by atoms with van der Waals surface area (Å²) in [5.74, 6) is 0. The zero-order chi connectivity index (χ0) is 12.9. The van der Waals surface area contributed by atoms with Gasteiger partial charge in [0.2, 0.25) is 0 Å². The molecule has 0 aliphatic carbocycles. The fourth-order valence-electron chi connectivity index (χ4n) is 2.48. The fraction of sp³-hybridized carbons (Fsp3) is 0.765. The van der Waals surface area contributed by atoms with Crippen LogP contribution in [0.5, 0.6) is 0 Å². The van der Waals surface area contributed by atoms with Gasteiger partial charge in [-0.3, -0.25) is 0 Å². The highest BCUT2D eigenvalue weighted by Gasteiger charge is 1.93. The van der Waals surface area contributed by atoms with Crippen LogP contribution in [0.25, 0.3) is 0 Å². The summed E-state index contributed by atoms with van der Waals surface area (Å²) in [5, 5.41) is 0. The smallest absolute Gasteiger partial charge is 0.0219 e. The van der Waals surface area contributed by atoms with Crippen LogP contribution in [0.2, 0.25) is 0 Å². The molecule has 18 heavy (non-hydrogen) atoms. The van der Waals surface area contributed by atoms with Gasteiger partial charge in [-0.2, -0.15) is 0 Å². The molecule has 1 heteroatoms. The van der Waals surface area contributed by atoms with E-state index in [9.17, 15) is 0 Å². The van der Waals surface area contributed by atoms with Crippen LogP contribution < -0.4 is 0 Å². The van der Waals surface area contributed by atoms with Crippen molar-refractivity contribution in [1.82, 2.24) is 4.57 Å². The lowest BCUT2D eigenvalue weighted by Crippen LogP contribution is -1.93. The second-order valence-electron chi connectivity index (χ2n) is 5.46. The summed E-state index contributed by atoms with van der Waals surface area (Å²) in [4.78, 5) is 0. The lowest BCUT2D eigenvalue weighted by Gasteiger charge is -2.03. The van der Waals surface area contributed by atoms with E-state index in [1.807, 2.05) is 0 Å². The van der Waals surface area contributed by atoms with Gasteiger partial charge in [0.05, 0.1) is 0 Å². The Bertz CT molecular complexity index is 251. The Balaban J connectivity index is 1.73. The number of aromatic nitrogens is 1. The summed E-state index contributed by atoms with van der Waals surface area (Å²) in [5.41, 5.74) is 0. The van der Waals surface area contributed by atoms with Crippen LogP contribution in [0.3, 0.4) is 0 Å². The molecule has 0 aliphatic heterocycles. The first kappa shape index (κ1) is 15.3. The fourth-order valence-corrected chi connectivity index (χ4v) is 2.48. The molecule has 0 spiro atoms. The summed E-state index contributed by atoms with van der Waals surface area (Å²) >= 11 is 0. The van der Waals surface area contributed by atoms with Gasteiger partial charge in [-0.15, -0.1) is 0 Å². The molecule has 0 N–H and O–H groups in total. The van der Waals surface area contributed by atoms with Crippen molar-refractivity contribution in [2.45, 2.75) is 84.1 Å². The van der Waals surface area contributed by atoms with Crippen molar-refractivity contribution in [1.29, 1.82) is 0 Å². The Morgan fingerprint density at radius 1 is 0.611 bits per heavy atom. The Morgan fingerprint density at radius 3 is 1.56 bits per heavy atom. The van der Waals surface area contributed by atoms with Crippen molar-refractivity contribution in [2.24, 2.45) is 0 Å². The Hall–Kier alpha value is -0.720. The van der Waals surface area contributed by atoms with Crippen LogP contribution in [-0.2, 0) is 6.54 Å². The van der Waals surface area contributed by atoms with E-state index in [1.165, 1.54) is 77.2 Å². The van der Waals surface area contributed by atoms with Gasteiger partial charge in [0.25, 0.3) is 0 Å². The molecule has 0 bridgehead atoms. The van der Waals surface area contributed by atoms with Gasteiger partial charge in [-0.25, -0.2) is 0 Å². The highest BCUT2D eigenvalue weighted by atomic mass is 14.9. The minimum Gasteiger partial charge on any atom is -0.354 e. The Labute approximate surface area is 114 Å². The lowest BCUT2D eigenvalue weighted by atomic mass is 10.1. The number of aryl methyl sites for hydroxylation is 1. The van der Waals surface area contributed by atoms with E-state index in [2.05, 4.69) is 36.0 Å². The third-order valence-electron chi connectivity index (χ3n) is 3.69. The molecule has 1 nitrogen and oxygen atoms in total. The first-order valence-corrected chi connectivity index (χ1v) is 8.04. The number of hydrogen-bond donors (Lipinski definition) is 0. The predicted octanol–water partition coefficient (Wildman–Crippen LogP) is 5.80. The molecular weight excluding hydrogens is 218 g/mol. The minimum absolute atomic E-state index is 1.20. The molecule has 0 saturated carbocycles. The van der Waals surface area contributed by atoms with Gasteiger partial charge in [-0.1, -0.05) is 71.1 Å². The average Bonchev–Trinajstić information content (AvgIpc) is 2.89. The van der Waals surface area contributed by atoms with Crippen molar-refractivity contribution >= 4 is 0 Å². The highest BCUT2D eigenvalue weighted by Crippen LogP contribution is 2.11. The van der Waals surface area contributed by atoms with E-state index < -0.39 is 0 Å². The highest BCUT2D eigenvalue weighted by molar-refractivity contribution is 4.89. The average molecular weight is 249 g/mol. The van der Waals surface area contributed by atoms with Gasteiger partial charge >= 0.3 is 0 Å². The number of nitrogens with zero attached hydrogens (tertiary/aromatic N) is 1. The summed E-state index contributed by atoms with van der Waals surface area (Å²) < 4.78 is 2.29. The number of rotatable bonds is 12. The van der Waals surface area contributed by atoms with Gasteiger partial charge < -0.3 is 4.57 Å². The van der Waals surface area contributed by atoms with E-state index >= 15 is 0 Å². The Kier molecular flexibility index (Phi) is 9.69. The molecule has 0 fully saturated rings. The van der Waals surface area contributed by atoms with Gasteiger partial charge in [0, 0.05) is 18.9 Å². The molecule has 104 valence electrons. The molecule has 0 saturated heterocycles. The van der Waals surface area contributed by atoms with Crippen LogP contribution in [0.15, 0.2) is 24.5 Å². The van der Waals surface area contributed by atoms with Gasteiger partial charge in [0.1, 0.15) is 0 Å². The topological polar surface area (TPSA) is 4.93 Å². The molecule has 1 aromatic rings. The van der Waals surface area contributed by atoms with E-state index in [-0.39, 0.29) is 0 Å². The maximum Gasteiger partial charge on any atom is 0.0219 e. The summed E-state index contributed by atoms with van der Waals surface area (Å²) in [7, 11) is 0. The van der Waals surface area contributed by atoms with Crippen LogP contribution in [0.4, 0.5) is 0 Å². The predicted molar refractivity (Wildman–Crippen MR) is 80.9 cm³/mol. The Morgan fingerprint density at radius 2 is 1.06 bits per heavy atom. The second-order valence-corrected chi connectivity index (χ2v) is 5.46. The normalized spacial score (nSPS) is 10.9. The second kappa shape index (κ2) is 11.4. The molecule has 0 aromatic carbocycles. The molecule has 1 rings (SSSR count). The maximum atomic E-state index is 2.29. The summed E-state index contributed by atoms with van der Waals surface area (Å²) in [6.07, 6.45) is 20.0. The van der Waals surface area contributed by atoms with Crippen LogP contribution in [-0.4, -0.2) is 4.57 Å². The lowest BCUT2D eigenvalue weighted by molar-refractivity contribution is 0.532. The zero-order valence-corrected chi connectivity index (χ0v) is 12.2. The van der Waals surface area contributed by atoms with E-state index in [0.29, 0.717) is 0 Å². The largest absolute Gasteiger partial charge is 0.354 e. The SMILES string of the molecule is CCCCCCCCCCCCCn1cccc1. The molecule has 0 unspecified atom stereocenters. The molecule has 1 aromatic heterocycles. The van der Waals surface area contributed by atoms with E-state index in [1.54, 1.807) is 0 Å². The van der Waals surface area contributed by atoms with E-state index in [4.69, 9.17) is 0 Å². The van der Waals surface area contributed by atoms with Crippen molar-refractivity contribution in [3.8, 4) is 0 Å². The first-order valence-electron chi connectivity index (χ1n) is 8.04. The number of hydrogen-bond acceptors (Lipinski definition) is 0. The summed E-state index contributed by atoms with van der Waals surface area (Å²) in [6.45, 7) is 3.48. The van der Waals surface area contributed by atoms with Crippen molar-refractivity contribution in [3.63, 3.8) is 0 Å². The van der Waals surface area contributed by atoms with Crippen molar-refractivity contribution in [2.75, 3.05) is 0 Å². The van der Waals surface area contributed by atoms with E-state index in [0.717, 1.165) is 0 Å². The molecule has 0 atom stereocenters. The molecule has 0 aliphatic rings.